The lowest BCUT2D eigenvalue weighted by atomic mass is 10.1. The third-order valence-electron chi connectivity index (χ3n) is 5.16. The number of hydrogen-bond donors (Lipinski definition) is 0. The van der Waals surface area contributed by atoms with Crippen LogP contribution >= 0.6 is 0 Å². The normalized spacial score (nSPS) is 22.7. The Balaban J connectivity index is 1.90. The van der Waals surface area contributed by atoms with Crippen molar-refractivity contribution in [3.63, 3.8) is 0 Å². The van der Waals surface area contributed by atoms with Gasteiger partial charge in [-0.2, -0.15) is 0 Å². The van der Waals surface area contributed by atoms with Gasteiger partial charge in [-0.25, -0.2) is 9.37 Å². The molecule has 0 aromatic carbocycles. The molecule has 8 heteroatoms. The summed E-state index contributed by atoms with van der Waals surface area (Å²) < 4.78 is 1.99. The van der Waals surface area contributed by atoms with Crippen molar-refractivity contribution in [1.82, 2.24) is 14.8 Å². The van der Waals surface area contributed by atoms with E-state index in [1.807, 2.05) is 16.5 Å². The van der Waals surface area contributed by atoms with Gasteiger partial charge in [-0.3, -0.25) is 14.6 Å². The van der Waals surface area contributed by atoms with E-state index >= 15 is 0 Å². The Morgan fingerprint density at radius 3 is 2.37 bits per heavy atom. The SMILES string of the molecule is CC1=NN(CCC(C)C)C2=[N+](C1)C1C(=O)N(CCC(C)C)C(=O)N(C)C1=N2. The van der Waals surface area contributed by atoms with Gasteiger partial charge in [-0.15, -0.1) is 10.1 Å². The van der Waals surface area contributed by atoms with E-state index in [2.05, 4.69) is 37.8 Å². The average molecular weight is 375 g/mol. The Labute approximate surface area is 161 Å². The Bertz CT molecular complexity index is 736. The minimum absolute atomic E-state index is 0.175. The zero-order chi connectivity index (χ0) is 19.9. The van der Waals surface area contributed by atoms with E-state index in [-0.39, 0.29) is 11.9 Å². The highest BCUT2D eigenvalue weighted by Gasteiger charge is 2.54. The molecule has 0 radical (unpaired) electrons. The number of hydrazone groups is 1. The number of carbonyl (C=O) groups is 2. The van der Waals surface area contributed by atoms with Gasteiger partial charge in [0, 0.05) is 13.6 Å². The molecule has 0 spiro atoms. The molecule has 1 atom stereocenters. The van der Waals surface area contributed by atoms with Crippen LogP contribution in [0.1, 0.15) is 47.5 Å². The molecule has 1 unspecified atom stereocenters. The summed E-state index contributed by atoms with van der Waals surface area (Å²) in [4.78, 5) is 33.5. The second kappa shape index (κ2) is 7.40. The zero-order valence-electron chi connectivity index (χ0n) is 17.3. The summed E-state index contributed by atoms with van der Waals surface area (Å²) in [6, 6.07) is -0.829. The molecular formula is C19H31N6O2+. The number of guanidine groups is 1. The van der Waals surface area contributed by atoms with E-state index in [1.54, 1.807) is 7.05 Å². The van der Waals surface area contributed by atoms with Crippen LogP contribution in [0, 0.1) is 11.8 Å². The molecule has 0 N–H and O–H groups in total. The summed E-state index contributed by atoms with van der Waals surface area (Å²) in [7, 11) is 1.70. The van der Waals surface area contributed by atoms with Crippen molar-refractivity contribution in [3.05, 3.63) is 0 Å². The van der Waals surface area contributed by atoms with Crippen LogP contribution in [0.3, 0.4) is 0 Å². The molecule has 3 aliphatic heterocycles. The lowest BCUT2D eigenvalue weighted by molar-refractivity contribution is -0.527. The van der Waals surface area contributed by atoms with Gasteiger partial charge in [0.1, 0.15) is 6.54 Å². The number of amides is 3. The molecule has 27 heavy (non-hydrogen) atoms. The highest BCUT2D eigenvalue weighted by Crippen LogP contribution is 2.24. The Hall–Kier alpha value is -2.25. The molecule has 0 aliphatic carbocycles. The summed E-state index contributed by atoms with van der Waals surface area (Å²) >= 11 is 0. The number of urea groups is 1. The maximum atomic E-state index is 13.2. The minimum atomic E-state index is -0.540. The van der Waals surface area contributed by atoms with Crippen molar-refractivity contribution in [2.45, 2.75) is 53.5 Å². The molecular weight excluding hydrogens is 344 g/mol. The van der Waals surface area contributed by atoms with Crippen molar-refractivity contribution < 1.29 is 14.2 Å². The maximum Gasteiger partial charge on any atom is 0.416 e. The second-order valence-corrected chi connectivity index (χ2v) is 8.46. The van der Waals surface area contributed by atoms with E-state index in [1.165, 1.54) is 9.80 Å². The first kappa shape index (κ1) is 19.5. The Morgan fingerprint density at radius 1 is 1.11 bits per heavy atom. The van der Waals surface area contributed by atoms with Gasteiger partial charge in [0.25, 0.3) is 5.91 Å². The van der Waals surface area contributed by atoms with E-state index in [0.717, 1.165) is 25.1 Å². The quantitative estimate of drug-likeness (QED) is 0.665. The molecule has 8 nitrogen and oxygen atoms in total. The number of rotatable bonds is 6. The average Bonchev–Trinajstić information content (AvgIpc) is 2.97. The number of likely N-dealkylation sites (N-methyl/N-ethyl adjacent to an activating group) is 1. The van der Waals surface area contributed by atoms with Gasteiger partial charge in [-0.05, 0) is 31.6 Å². The molecule has 1 saturated heterocycles. The highest BCUT2D eigenvalue weighted by atomic mass is 16.2. The number of hydrogen-bond acceptors (Lipinski definition) is 5. The summed E-state index contributed by atoms with van der Waals surface area (Å²) in [6.07, 6.45) is 1.77. The molecule has 1 fully saturated rings. The zero-order valence-corrected chi connectivity index (χ0v) is 17.3. The molecule has 0 bridgehead atoms. The standard InChI is InChI=1S/C19H31N6O2/c1-12(2)7-9-23-17(26)15-16(22(6)19(23)27)20-18-24(15)11-14(5)21-25(18)10-8-13(3)4/h12-13,15H,7-11H2,1-6H3/q+1. The van der Waals surface area contributed by atoms with Crippen molar-refractivity contribution in [2.24, 2.45) is 21.9 Å². The third kappa shape index (κ3) is 3.61. The fourth-order valence-electron chi connectivity index (χ4n) is 3.53. The van der Waals surface area contributed by atoms with Crippen LogP contribution in [0.15, 0.2) is 10.1 Å². The van der Waals surface area contributed by atoms with E-state index in [4.69, 9.17) is 0 Å². The number of imide groups is 1. The van der Waals surface area contributed by atoms with Crippen molar-refractivity contribution >= 4 is 29.4 Å². The predicted molar refractivity (Wildman–Crippen MR) is 105 cm³/mol. The summed E-state index contributed by atoms with van der Waals surface area (Å²) in [6.45, 7) is 12.2. The largest absolute Gasteiger partial charge is 0.416 e. The van der Waals surface area contributed by atoms with Gasteiger partial charge < -0.3 is 0 Å². The van der Waals surface area contributed by atoms with Gasteiger partial charge in [0.15, 0.2) is 0 Å². The number of carbonyl (C=O) groups excluding carboxylic acids is 2. The van der Waals surface area contributed by atoms with Gasteiger partial charge in [-0.1, -0.05) is 32.7 Å². The summed E-state index contributed by atoms with van der Waals surface area (Å²) in [5.41, 5.74) is 0.944. The number of nitrogens with zero attached hydrogens (tertiary/aromatic N) is 6. The molecule has 3 amide bonds. The van der Waals surface area contributed by atoms with Crippen LogP contribution in [0.25, 0.3) is 0 Å². The summed E-state index contributed by atoms with van der Waals surface area (Å²) in [5, 5.41) is 6.52. The molecule has 3 rings (SSSR count). The second-order valence-electron chi connectivity index (χ2n) is 8.46. The van der Waals surface area contributed by atoms with Gasteiger partial charge >= 0.3 is 12.0 Å². The van der Waals surface area contributed by atoms with Crippen LogP contribution in [0.2, 0.25) is 0 Å². The Morgan fingerprint density at radius 2 is 1.74 bits per heavy atom. The van der Waals surface area contributed by atoms with Crippen LogP contribution in [-0.2, 0) is 4.79 Å². The maximum absolute atomic E-state index is 13.2. The van der Waals surface area contributed by atoms with E-state index in [0.29, 0.717) is 36.7 Å². The molecule has 0 saturated carbocycles. The van der Waals surface area contributed by atoms with Crippen LogP contribution in [-0.4, -0.2) is 81.6 Å². The fourth-order valence-corrected chi connectivity index (χ4v) is 3.53. The van der Waals surface area contributed by atoms with Crippen molar-refractivity contribution in [3.8, 4) is 0 Å². The molecule has 3 aliphatic rings. The smallest absolute Gasteiger partial charge is 0.270 e. The van der Waals surface area contributed by atoms with Crippen LogP contribution in [0.5, 0.6) is 0 Å². The number of aliphatic imine (C=N–C) groups is 1. The van der Waals surface area contributed by atoms with Gasteiger partial charge in [0.2, 0.25) is 11.9 Å². The fraction of sp³-hybridized carbons (Fsp3) is 0.737. The molecule has 3 heterocycles. The predicted octanol–water partition coefficient (Wildman–Crippen LogP) is 1.81. The first-order chi connectivity index (χ1) is 12.7. The van der Waals surface area contributed by atoms with Crippen molar-refractivity contribution in [1.29, 1.82) is 0 Å². The molecule has 148 valence electrons. The number of amidine groups is 1. The minimum Gasteiger partial charge on any atom is -0.270 e. The first-order valence-corrected chi connectivity index (χ1v) is 9.83. The van der Waals surface area contributed by atoms with Crippen molar-refractivity contribution in [2.75, 3.05) is 26.7 Å². The Kier molecular flexibility index (Phi) is 5.35. The monoisotopic (exact) mass is 375 g/mol. The van der Waals surface area contributed by atoms with E-state index < -0.39 is 6.04 Å². The van der Waals surface area contributed by atoms with Crippen LogP contribution in [0.4, 0.5) is 4.79 Å². The first-order valence-electron chi connectivity index (χ1n) is 9.83. The highest BCUT2D eigenvalue weighted by molar-refractivity contribution is 6.23. The lowest BCUT2D eigenvalue weighted by Gasteiger charge is -2.34. The van der Waals surface area contributed by atoms with Gasteiger partial charge in [0.05, 0.1) is 12.3 Å². The summed E-state index contributed by atoms with van der Waals surface area (Å²) in [5.74, 6) is 1.99. The molecule has 0 aromatic rings. The topological polar surface area (TPSA) is 71.6 Å². The number of fused-ring (bicyclic) bond motifs is 2. The lowest BCUT2D eigenvalue weighted by Crippen LogP contribution is -2.63. The van der Waals surface area contributed by atoms with E-state index in [9.17, 15) is 9.59 Å². The molecule has 0 aromatic heterocycles. The third-order valence-corrected chi connectivity index (χ3v) is 5.16. The van der Waals surface area contributed by atoms with Crippen LogP contribution < -0.4 is 0 Å².